The van der Waals surface area contributed by atoms with Gasteiger partial charge < -0.3 is 9.52 Å². The molecule has 0 spiro atoms. The predicted octanol–water partition coefficient (Wildman–Crippen LogP) is 2.18. The highest BCUT2D eigenvalue weighted by Crippen LogP contribution is 2.26. The lowest BCUT2D eigenvalue weighted by molar-refractivity contribution is 0.0697. The van der Waals surface area contributed by atoms with Crippen LogP contribution >= 0.6 is 11.6 Å². The molecule has 1 aromatic carbocycles. The lowest BCUT2D eigenvalue weighted by Crippen LogP contribution is -2.19. The number of hydrogen-bond acceptors (Lipinski definition) is 6. The number of carbonyl (C=O) groups is 2. The summed E-state index contributed by atoms with van der Waals surface area (Å²) >= 11 is 5.84. The summed E-state index contributed by atoms with van der Waals surface area (Å²) in [7, 11) is 0. The number of H-pyrrole nitrogens is 1. The quantitative estimate of drug-likeness (QED) is 0.472. The van der Waals surface area contributed by atoms with Crippen molar-refractivity contribution in [2.24, 2.45) is 5.10 Å². The van der Waals surface area contributed by atoms with Gasteiger partial charge in [0.15, 0.2) is 0 Å². The smallest absolute Gasteiger partial charge is 0.337 e. The maximum atomic E-state index is 11.6. The van der Waals surface area contributed by atoms with Crippen LogP contribution in [0.15, 0.2) is 46.2 Å². The number of carbonyl (C=O) groups excluding carboxylic acids is 1. The van der Waals surface area contributed by atoms with Crippen LogP contribution in [-0.4, -0.2) is 38.4 Å². The molecule has 2 heterocycles. The normalized spacial score (nSPS) is 10.9. The highest BCUT2D eigenvalue weighted by molar-refractivity contribution is 6.33. The second-order valence-corrected chi connectivity index (χ2v) is 5.14. The second kappa shape index (κ2) is 6.97. The van der Waals surface area contributed by atoms with Gasteiger partial charge in [0.2, 0.25) is 5.82 Å². The number of amides is 1. The summed E-state index contributed by atoms with van der Waals surface area (Å²) in [6.45, 7) is 0. The van der Waals surface area contributed by atoms with E-state index in [0.717, 1.165) is 0 Å². The van der Waals surface area contributed by atoms with E-state index >= 15 is 0 Å². The molecule has 25 heavy (non-hydrogen) atoms. The molecule has 0 aliphatic heterocycles. The van der Waals surface area contributed by atoms with Crippen LogP contribution in [0, 0.1) is 0 Å². The Morgan fingerprint density at radius 2 is 2.16 bits per heavy atom. The Kier molecular flexibility index (Phi) is 4.57. The van der Waals surface area contributed by atoms with Crippen molar-refractivity contribution >= 4 is 29.7 Å². The Labute approximate surface area is 145 Å². The first-order valence-corrected chi connectivity index (χ1v) is 7.24. The molecule has 10 heteroatoms. The first kappa shape index (κ1) is 16.4. The van der Waals surface area contributed by atoms with E-state index in [4.69, 9.17) is 21.1 Å². The molecule has 9 nitrogen and oxygen atoms in total. The number of hydrazone groups is 1. The lowest BCUT2D eigenvalue weighted by atomic mass is 10.1. The summed E-state index contributed by atoms with van der Waals surface area (Å²) in [5.74, 6) is -0.860. The number of hydrogen-bond donors (Lipinski definition) is 3. The molecule has 0 unspecified atom stereocenters. The van der Waals surface area contributed by atoms with Gasteiger partial charge in [-0.3, -0.25) is 9.89 Å². The number of aromatic amines is 1. The molecule has 3 N–H and O–H groups in total. The standard InChI is InChI=1S/C15H10ClN5O4/c16-11-3-1-8(5-10(11)15(23)24)12-4-2-9(25-12)6-18-21-14(22)13-17-7-19-20-13/h1-7H,(H,21,22)(H,23,24)(H,17,19,20)/b18-6-. The minimum Gasteiger partial charge on any atom is -0.478 e. The van der Waals surface area contributed by atoms with Crippen LogP contribution < -0.4 is 5.43 Å². The molecule has 3 rings (SSSR count). The van der Waals surface area contributed by atoms with Crippen molar-refractivity contribution in [3.63, 3.8) is 0 Å². The highest BCUT2D eigenvalue weighted by Gasteiger charge is 2.12. The molecular formula is C15H10ClN5O4. The van der Waals surface area contributed by atoms with Crippen LogP contribution in [0.3, 0.4) is 0 Å². The summed E-state index contributed by atoms with van der Waals surface area (Å²) in [5.41, 5.74) is 2.78. The topological polar surface area (TPSA) is 133 Å². The van der Waals surface area contributed by atoms with E-state index < -0.39 is 11.9 Å². The fourth-order valence-electron chi connectivity index (χ4n) is 1.94. The number of aromatic carboxylic acids is 1. The summed E-state index contributed by atoms with van der Waals surface area (Å²) in [6, 6.07) is 7.80. The number of benzene rings is 1. The molecule has 1 amide bonds. The maximum absolute atomic E-state index is 11.6. The van der Waals surface area contributed by atoms with Crippen molar-refractivity contribution in [1.82, 2.24) is 20.6 Å². The zero-order valence-electron chi connectivity index (χ0n) is 12.4. The monoisotopic (exact) mass is 359 g/mol. The van der Waals surface area contributed by atoms with Crippen molar-refractivity contribution in [1.29, 1.82) is 0 Å². The molecule has 2 aromatic heterocycles. The minimum atomic E-state index is -1.13. The Morgan fingerprint density at radius 3 is 2.88 bits per heavy atom. The van der Waals surface area contributed by atoms with Gasteiger partial charge in [0, 0.05) is 5.56 Å². The number of carboxylic acids is 1. The number of nitrogens with one attached hydrogen (secondary N) is 2. The van der Waals surface area contributed by atoms with Gasteiger partial charge >= 0.3 is 11.9 Å². The molecule has 0 fully saturated rings. The van der Waals surface area contributed by atoms with Gasteiger partial charge in [0.05, 0.1) is 16.8 Å². The molecule has 0 saturated carbocycles. The van der Waals surface area contributed by atoms with Gasteiger partial charge in [-0.2, -0.15) is 10.2 Å². The third kappa shape index (κ3) is 3.72. The fourth-order valence-corrected chi connectivity index (χ4v) is 2.14. The van der Waals surface area contributed by atoms with Crippen molar-refractivity contribution in [3.05, 3.63) is 58.8 Å². The van der Waals surface area contributed by atoms with Crippen LogP contribution in [0.5, 0.6) is 0 Å². The van der Waals surface area contributed by atoms with Crippen molar-refractivity contribution in [3.8, 4) is 11.3 Å². The van der Waals surface area contributed by atoms with Crippen molar-refractivity contribution in [2.45, 2.75) is 0 Å². The Balaban J connectivity index is 1.72. The first-order valence-electron chi connectivity index (χ1n) is 6.86. The molecule has 0 bridgehead atoms. The fraction of sp³-hybridized carbons (Fsp3) is 0. The number of nitrogens with zero attached hydrogens (tertiary/aromatic N) is 3. The summed E-state index contributed by atoms with van der Waals surface area (Å²) in [5, 5.41) is 18.9. The van der Waals surface area contributed by atoms with Crippen molar-refractivity contribution < 1.29 is 19.1 Å². The van der Waals surface area contributed by atoms with Crippen LogP contribution in [0.2, 0.25) is 5.02 Å². The molecule has 0 aliphatic rings. The van der Waals surface area contributed by atoms with Gasteiger partial charge in [0.1, 0.15) is 17.8 Å². The van der Waals surface area contributed by atoms with Gasteiger partial charge in [-0.05, 0) is 30.3 Å². The SMILES string of the molecule is O=C(N/N=C\c1ccc(-c2ccc(Cl)c(C(=O)O)c2)o1)c1ncn[nH]1. The molecule has 0 aliphatic carbocycles. The Hall–Kier alpha value is -3.46. The van der Waals surface area contributed by atoms with Crippen LogP contribution in [0.25, 0.3) is 11.3 Å². The van der Waals surface area contributed by atoms with Gasteiger partial charge in [-0.25, -0.2) is 15.2 Å². The van der Waals surface area contributed by atoms with E-state index in [-0.39, 0.29) is 16.4 Å². The Bertz CT molecular complexity index is 949. The van der Waals surface area contributed by atoms with E-state index in [2.05, 4.69) is 25.7 Å². The molecule has 126 valence electrons. The first-order chi connectivity index (χ1) is 12.0. The van der Waals surface area contributed by atoms with E-state index in [1.54, 1.807) is 18.2 Å². The maximum Gasteiger partial charge on any atom is 0.337 e. The number of carboxylic acid groups (broad SMARTS) is 1. The van der Waals surface area contributed by atoms with E-state index in [9.17, 15) is 9.59 Å². The van der Waals surface area contributed by atoms with Crippen LogP contribution in [0.4, 0.5) is 0 Å². The average Bonchev–Trinajstić information content (AvgIpc) is 3.27. The lowest BCUT2D eigenvalue weighted by Gasteiger charge is -2.01. The summed E-state index contributed by atoms with van der Waals surface area (Å²) in [6.07, 6.45) is 2.50. The largest absolute Gasteiger partial charge is 0.478 e. The van der Waals surface area contributed by atoms with Crippen molar-refractivity contribution in [2.75, 3.05) is 0 Å². The molecular weight excluding hydrogens is 350 g/mol. The predicted molar refractivity (Wildman–Crippen MR) is 87.6 cm³/mol. The van der Waals surface area contributed by atoms with E-state index in [1.165, 1.54) is 24.7 Å². The summed E-state index contributed by atoms with van der Waals surface area (Å²) < 4.78 is 5.54. The number of aromatic nitrogens is 3. The second-order valence-electron chi connectivity index (χ2n) is 4.73. The molecule has 3 aromatic rings. The van der Waals surface area contributed by atoms with Crippen LogP contribution in [-0.2, 0) is 0 Å². The van der Waals surface area contributed by atoms with Gasteiger partial charge in [-0.15, -0.1) is 0 Å². The number of furan rings is 1. The molecule has 0 radical (unpaired) electrons. The Morgan fingerprint density at radius 1 is 1.32 bits per heavy atom. The average molecular weight is 360 g/mol. The third-order valence-corrected chi connectivity index (χ3v) is 3.43. The summed E-state index contributed by atoms with van der Waals surface area (Å²) in [4.78, 5) is 26.4. The van der Waals surface area contributed by atoms with Gasteiger partial charge in [0.25, 0.3) is 0 Å². The molecule has 0 atom stereocenters. The van der Waals surface area contributed by atoms with Gasteiger partial charge in [-0.1, -0.05) is 11.6 Å². The number of halogens is 1. The number of rotatable bonds is 5. The minimum absolute atomic E-state index is 0.0231. The third-order valence-electron chi connectivity index (χ3n) is 3.10. The van der Waals surface area contributed by atoms with E-state index in [0.29, 0.717) is 17.1 Å². The van der Waals surface area contributed by atoms with Crippen LogP contribution in [0.1, 0.15) is 26.7 Å². The zero-order chi connectivity index (χ0) is 17.8. The molecule has 0 saturated heterocycles. The zero-order valence-corrected chi connectivity index (χ0v) is 13.2. The van der Waals surface area contributed by atoms with E-state index in [1.807, 2.05) is 0 Å². The highest BCUT2D eigenvalue weighted by atomic mass is 35.5.